The first-order chi connectivity index (χ1) is 6.11. The minimum Gasteiger partial charge on any atom is -0.459 e. The van der Waals surface area contributed by atoms with Crippen LogP contribution in [0.3, 0.4) is 0 Å². The SMILES string of the molecule is CC(C)OC(=O)c1cnccc1I. The number of pyridine rings is 1. The number of nitrogens with zero attached hydrogens (tertiary/aromatic N) is 1. The highest BCUT2D eigenvalue weighted by Gasteiger charge is 2.12. The first-order valence-corrected chi connectivity index (χ1v) is 4.99. The fraction of sp³-hybridized carbons (Fsp3) is 0.333. The summed E-state index contributed by atoms with van der Waals surface area (Å²) in [6.07, 6.45) is 3.07. The van der Waals surface area contributed by atoms with E-state index in [2.05, 4.69) is 27.6 Å². The Morgan fingerprint density at radius 2 is 2.31 bits per heavy atom. The van der Waals surface area contributed by atoms with E-state index in [-0.39, 0.29) is 12.1 Å². The summed E-state index contributed by atoms with van der Waals surface area (Å²) in [6.45, 7) is 3.64. The molecule has 1 heterocycles. The van der Waals surface area contributed by atoms with Gasteiger partial charge < -0.3 is 4.74 Å². The average Bonchev–Trinajstić information content (AvgIpc) is 2.03. The zero-order valence-electron chi connectivity index (χ0n) is 7.45. The van der Waals surface area contributed by atoms with Crippen LogP contribution in [-0.4, -0.2) is 17.1 Å². The molecule has 0 aliphatic rings. The quantitative estimate of drug-likeness (QED) is 0.619. The number of carbonyl (C=O) groups is 1. The van der Waals surface area contributed by atoms with Crippen LogP contribution in [0, 0.1) is 3.57 Å². The maximum Gasteiger partial charge on any atom is 0.341 e. The number of rotatable bonds is 2. The van der Waals surface area contributed by atoms with Crippen LogP contribution in [-0.2, 0) is 4.74 Å². The van der Waals surface area contributed by atoms with E-state index in [1.54, 1.807) is 12.3 Å². The minimum absolute atomic E-state index is 0.0940. The molecule has 0 fully saturated rings. The van der Waals surface area contributed by atoms with Gasteiger partial charge in [0.15, 0.2) is 0 Å². The molecule has 0 unspecified atom stereocenters. The lowest BCUT2D eigenvalue weighted by molar-refractivity contribution is 0.0376. The Morgan fingerprint density at radius 3 is 2.85 bits per heavy atom. The molecule has 0 N–H and O–H groups in total. The first-order valence-electron chi connectivity index (χ1n) is 3.91. The van der Waals surface area contributed by atoms with Crippen molar-refractivity contribution in [2.75, 3.05) is 0 Å². The second-order valence-electron chi connectivity index (χ2n) is 2.81. The fourth-order valence-electron chi connectivity index (χ4n) is 0.805. The molecule has 0 saturated carbocycles. The van der Waals surface area contributed by atoms with Crippen LogP contribution < -0.4 is 0 Å². The third-order valence-electron chi connectivity index (χ3n) is 1.33. The predicted molar refractivity (Wildman–Crippen MR) is 57.5 cm³/mol. The Hall–Kier alpha value is -0.650. The molecule has 3 nitrogen and oxygen atoms in total. The van der Waals surface area contributed by atoms with Crippen LogP contribution in [0.1, 0.15) is 24.2 Å². The van der Waals surface area contributed by atoms with E-state index >= 15 is 0 Å². The Bertz CT molecular complexity index is 312. The van der Waals surface area contributed by atoms with E-state index in [1.807, 2.05) is 13.8 Å². The number of hydrogen-bond donors (Lipinski definition) is 0. The van der Waals surface area contributed by atoms with Crippen molar-refractivity contribution in [3.63, 3.8) is 0 Å². The van der Waals surface area contributed by atoms with Gasteiger partial charge in [0.1, 0.15) is 0 Å². The van der Waals surface area contributed by atoms with Crippen molar-refractivity contribution in [2.24, 2.45) is 0 Å². The molecule has 0 aromatic carbocycles. The molecule has 0 atom stereocenters. The number of ether oxygens (including phenoxy) is 1. The summed E-state index contributed by atoms with van der Waals surface area (Å²) in [5.41, 5.74) is 0.525. The van der Waals surface area contributed by atoms with Gasteiger partial charge in [0.25, 0.3) is 0 Å². The fourth-order valence-corrected chi connectivity index (χ4v) is 1.33. The van der Waals surface area contributed by atoms with Gasteiger partial charge in [-0.25, -0.2) is 4.79 Å². The molecule has 0 aliphatic heterocycles. The van der Waals surface area contributed by atoms with Gasteiger partial charge in [0.2, 0.25) is 0 Å². The minimum atomic E-state index is -0.312. The molecular formula is C9H10INO2. The molecule has 70 valence electrons. The molecule has 0 spiro atoms. The highest BCUT2D eigenvalue weighted by atomic mass is 127. The zero-order valence-corrected chi connectivity index (χ0v) is 9.61. The molecule has 1 rings (SSSR count). The van der Waals surface area contributed by atoms with Crippen LogP contribution in [0.5, 0.6) is 0 Å². The molecule has 4 heteroatoms. The second-order valence-corrected chi connectivity index (χ2v) is 3.97. The summed E-state index contributed by atoms with van der Waals surface area (Å²) in [5.74, 6) is -0.312. The smallest absolute Gasteiger partial charge is 0.341 e. The largest absolute Gasteiger partial charge is 0.459 e. The lowest BCUT2D eigenvalue weighted by atomic mass is 10.3. The maximum atomic E-state index is 11.4. The Balaban J connectivity index is 2.83. The van der Waals surface area contributed by atoms with Gasteiger partial charge in [-0.2, -0.15) is 0 Å². The van der Waals surface area contributed by atoms with E-state index in [0.29, 0.717) is 5.56 Å². The normalized spacial score (nSPS) is 10.2. The maximum absolute atomic E-state index is 11.4. The van der Waals surface area contributed by atoms with Gasteiger partial charge >= 0.3 is 5.97 Å². The van der Waals surface area contributed by atoms with Crippen molar-refractivity contribution in [3.8, 4) is 0 Å². The lowest BCUT2D eigenvalue weighted by Crippen LogP contribution is -2.13. The van der Waals surface area contributed by atoms with Gasteiger partial charge in [-0.15, -0.1) is 0 Å². The van der Waals surface area contributed by atoms with Crippen molar-refractivity contribution in [3.05, 3.63) is 27.6 Å². The van der Waals surface area contributed by atoms with Gasteiger partial charge in [-0.3, -0.25) is 4.98 Å². The number of halogens is 1. The summed E-state index contributed by atoms with van der Waals surface area (Å²) in [5, 5.41) is 0. The number of aromatic nitrogens is 1. The standard InChI is InChI=1S/C9H10INO2/c1-6(2)13-9(12)7-5-11-4-3-8(7)10/h3-6H,1-2H3. The first kappa shape index (κ1) is 10.4. The topological polar surface area (TPSA) is 39.2 Å². The van der Waals surface area contributed by atoms with Gasteiger partial charge in [0.05, 0.1) is 11.7 Å². The van der Waals surface area contributed by atoms with Crippen molar-refractivity contribution < 1.29 is 9.53 Å². The van der Waals surface area contributed by atoms with Gasteiger partial charge in [0, 0.05) is 16.0 Å². The van der Waals surface area contributed by atoms with Crippen LogP contribution in [0.25, 0.3) is 0 Å². The summed E-state index contributed by atoms with van der Waals surface area (Å²) < 4.78 is 5.89. The van der Waals surface area contributed by atoms with Gasteiger partial charge in [-0.05, 0) is 42.5 Å². The van der Waals surface area contributed by atoms with Crippen LogP contribution in [0.4, 0.5) is 0 Å². The molecule has 0 amide bonds. The third kappa shape index (κ3) is 2.95. The molecule has 0 bridgehead atoms. The Morgan fingerprint density at radius 1 is 1.62 bits per heavy atom. The van der Waals surface area contributed by atoms with Crippen molar-refractivity contribution in [1.82, 2.24) is 4.98 Å². The number of carbonyl (C=O) groups excluding carboxylic acids is 1. The molecule has 0 aliphatic carbocycles. The monoisotopic (exact) mass is 291 g/mol. The summed E-state index contributed by atoms with van der Waals surface area (Å²) >= 11 is 2.08. The molecule has 1 aromatic heterocycles. The molecule has 1 aromatic rings. The van der Waals surface area contributed by atoms with Crippen molar-refractivity contribution in [2.45, 2.75) is 20.0 Å². The van der Waals surface area contributed by atoms with Crippen molar-refractivity contribution >= 4 is 28.6 Å². The summed E-state index contributed by atoms with van der Waals surface area (Å²) in [4.78, 5) is 15.3. The van der Waals surface area contributed by atoms with E-state index in [1.165, 1.54) is 6.20 Å². The summed E-state index contributed by atoms with van der Waals surface area (Å²) in [6, 6.07) is 1.78. The van der Waals surface area contributed by atoms with Crippen LogP contribution in [0.2, 0.25) is 0 Å². The molecule has 0 radical (unpaired) electrons. The average molecular weight is 291 g/mol. The van der Waals surface area contributed by atoms with Crippen molar-refractivity contribution in [1.29, 1.82) is 0 Å². The van der Waals surface area contributed by atoms with Crippen LogP contribution in [0.15, 0.2) is 18.5 Å². The highest BCUT2D eigenvalue weighted by molar-refractivity contribution is 14.1. The van der Waals surface area contributed by atoms with E-state index in [0.717, 1.165) is 3.57 Å². The van der Waals surface area contributed by atoms with Crippen LogP contribution >= 0.6 is 22.6 Å². The highest BCUT2D eigenvalue weighted by Crippen LogP contribution is 2.11. The molecule has 0 saturated heterocycles. The number of esters is 1. The second kappa shape index (κ2) is 4.55. The van der Waals surface area contributed by atoms with E-state index in [9.17, 15) is 4.79 Å². The predicted octanol–water partition coefficient (Wildman–Crippen LogP) is 2.25. The van der Waals surface area contributed by atoms with E-state index < -0.39 is 0 Å². The lowest BCUT2D eigenvalue weighted by Gasteiger charge is -2.08. The Labute approximate surface area is 90.6 Å². The summed E-state index contributed by atoms with van der Waals surface area (Å²) in [7, 11) is 0. The van der Waals surface area contributed by atoms with Gasteiger partial charge in [-0.1, -0.05) is 0 Å². The molecular weight excluding hydrogens is 281 g/mol. The Kier molecular flexibility index (Phi) is 3.65. The third-order valence-corrected chi connectivity index (χ3v) is 2.27. The molecule has 13 heavy (non-hydrogen) atoms. The zero-order chi connectivity index (χ0) is 9.84. The van der Waals surface area contributed by atoms with E-state index in [4.69, 9.17) is 4.74 Å². The number of hydrogen-bond acceptors (Lipinski definition) is 3.